The highest BCUT2D eigenvalue weighted by Gasteiger charge is 2.31. The first kappa shape index (κ1) is 22.5. The highest BCUT2D eigenvalue weighted by atomic mass is 16.5. The van der Waals surface area contributed by atoms with Gasteiger partial charge >= 0.3 is 13.1 Å². The molecule has 4 rings (SSSR count). The monoisotopic (exact) mass is 438 g/mol. The number of esters is 1. The van der Waals surface area contributed by atoms with Gasteiger partial charge in [-0.2, -0.15) is 0 Å². The topological polar surface area (TPSA) is 97.3 Å². The molecule has 32 heavy (non-hydrogen) atoms. The van der Waals surface area contributed by atoms with Crippen LogP contribution in [0.25, 0.3) is 0 Å². The molecule has 1 amide bonds. The van der Waals surface area contributed by atoms with Crippen molar-refractivity contribution in [2.45, 2.75) is 26.7 Å². The zero-order valence-corrected chi connectivity index (χ0v) is 18.1. The highest BCUT2D eigenvalue weighted by Crippen LogP contribution is 2.16. The van der Waals surface area contributed by atoms with Crippen molar-refractivity contribution in [2.75, 3.05) is 32.8 Å². The van der Waals surface area contributed by atoms with E-state index >= 15 is 0 Å². The maximum atomic E-state index is 12.5. The number of carbonyl (C=O) groups is 2. The second-order valence-electron chi connectivity index (χ2n) is 8.03. The molecule has 0 saturated carbocycles. The van der Waals surface area contributed by atoms with Gasteiger partial charge in [0.25, 0.3) is 5.91 Å². The van der Waals surface area contributed by atoms with E-state index in [2.05, 4.69) is 16.3 Å². The van der Waals surface area contributed by atoms with E-state index in [-0.39, 0.29) is 13.2 Å². The fraction of sp³-hybridized carbons (Fsp3) is 0.391. The summed E-state index contributed by atoms with van der Waals surface area (Å²) in [6, 6.07) is 11.4. The Balaban J connectivity index is 1.26. The van der Waals surface area contributed by atoms with Gasteiger partial charge in [-0.05, 0) is 40.7 Å². The first-order valence-electron chi connectivity index (χ1n) is 10.7. The smallest absolute Gasteiger partial charge is 0.460 e. The Kier molecular flexibility index (Phi) is 7.21. The van der Waals surface area contributed by atoms with Crippen molar-refractivity contribution in [3.8, 4) is 0 Å². The minimum absolute atomic E-state index is 0.146. The zero-order valence-electron chi connectivity index (χ0n) is 18.1. The molecule has 0 radical (unpaired) electrons. The lowest BCUT2D eigenvalue weighted by atomic mass is 9.75. The van der Waals surface area contributed by atoms with Crippen molar-refractivity contribution in [3.05, 3.63) is 64.2 Å². The molecular formula is C23H27BN2O6. The first-order chi connectivity index (χ1) is 15.5. The minimum atomic E-state index is -1.03. The number of fused-ring (bicyclic) bond motifs is 1. The molecule has 2 aliphatic rings. The van der Waals surface area contributed by atoms with Gasteiger partial charge < -0.3 is 24.5 Å². The van der Waals surface area contributed by atoms with Crippen LogP contribution in [0.3, 0.4) is 0 Å². The van der Waals surface area contributed by atoms with Crippen molar-refractivity contribution in [1.82, 2.24) is 10.2 Å². The number of amides is 1. The summed E-state index contributed by atoms with van der Waals surface area (Å²) in [5.74, 6) is -0.909. The minimum Gasteiger partial charge on any atom is -0.460 e. The molecular weight excluding hydrogens is 411 g/mol. The lowest BCUT2D eigenvalue weighted by molar-refractivity contribution is -0.143. The van der Waals surface area contributed by atoms with Crippen LogP contribution in [-0.4, -0.2) is 61.8 Å². The summed E-state index contributed by atoms with van der Waals surface area (Å²) >= 11 is 0. The summed E-state index contributed by atoms with van der Waals surface area (Å²) < 4.78 is 15.9. The van der Waals surface area contributed by atoms with Gasteiger partial charge in [-0.15, -0.1) is 0 Å². The molecule has 0 aliphatic carbocycles. The SMILES string of the molecule is Cc1c(C(=O)NCC(=O)OCc2cccc(CN3CCOCC3)c2)ccc2c1B(O)OC2. The number of rotatable bonds is 7. The second-order valence-corrected chi connectivity index (χ2v) is 8.03. The number of nitrogens with one attached hydrogen (secondary N) is 1. The van der Waals surface area contributed by atoms with E-state index in [4.69, 9.17) is 14.1 Å². The van der Waals surface area contributed by atoms with Crippen LogP contribution in [0.4, 0.5) is 0 Å². The molecule has 0 spiro atoms. The number of ether oxygens (including phenoxy) is 2. The maximum absolute atomic E-state index is 12.5. The molecule has 2 heterocycles. The molecule has 0 bridgehead atoms. The number of nitrogens with zero attached hydrogens (tertiary/aromatic N) is 1. The van der Waals surface area contributed by atoms with E-state index in [1.807, 2.05) is 18.2 Å². The highest BCUT2D eigenvalue weighted by molar-refractivity contribution is 6.62. The van der Waals surface area contributed by atoms with Gasteiger partial charge in [0.05, 0.1) is 19.8 Å². The van der Waals surface area contributed by atoms with Crippen molar-refractivity contribution < 1.29 is 28.7 Å². The summed E-state index contributed by atoms with van der Waals surface area (Å²) in [5, 5.41) is 12.5. The molecule has 9 heteroatoms. The summed E-state index contributed by atoms with van der Waals surface area (Å²) in [7, 11) is -1.03. The average Bonchev–Trinajstić information content (AvgIpc) is 3.19. The van der Waals surface area contributed by atoms with Gasteiger partial charge in [0.2, 0.25) is 0 Å². The second kappa shape index (κ2) is 10.3. The maximum Gasteiger partial charge on any atom is 0.492 e. The van der Waals surface area contributed by atoms with Gasteiger partial charge in [0, 0.05) is 25.2 Å². The van der Waals surface area contributed by atoms with Crippen molar-refractivity contribution in [3.63, 3.8) is 0 Å². The number of carbonyl (C=O) groups excluding carboxylic acids is 2. The predicted molar refractivity (Wildman–Crippen MR) is 118 cm³/mol. The predicted octanol–water partition coefficient (Wildman–Crippen LogP) is 0.518. The summed E-state index contributed by atoms with van der Waals surface area (Å²) in [4.78, 5) is 27.0. The largest absolute Gasteiger partial charge is 0.492 e. The first-order valence-corrected chi connectivity index (χ1v) is 10.7. The van der Waals surface area contributed by atoms with E-state index in [1.54, 1.807) is 19.1 Å². The normalized spacial score (nSPS) is 16.0. The Morgan fingerprint density at radius 1 is 1.19 bits per heavy atom. The molecule has 2 aliphatic heterocycles. The van der Waals surface area contributed by atoms with E-state index in [9.17, 15) is 14.6 Å². The fourth-order valence-electron chi connectivity index (χ4n) is 4.05. The number of hydrogen-bond acceptors (Lipinski definition) is 7. The quantitative estimate of drug-likeness (QED) is 0.481. The standard InChI is InChI=1S/C23H27BN2O6/c1-16-20(6-5-19-15-32-24(29)22(16)19)23(28)25-12-21(27)31-14-18-4-2-3-17(11-18)13-26-7-9-30-10-8-26/h2-6,11,29H,7-10,12-15H2,1H3,(H,25,28). The van der Waals surface area contributed by atoms with Crippen LogP contribution in [-0.2, 0) is 38.7 Å². The Morgan fingerprint density at radius 3 is 2.78 bits per heavy atom. The van der Waals surface area contributed by atoms with Gasteiger partial charge in [0.15, 0.2) is 0 Å². The Hall–Kier alpha value is -2.72. The van der Waals surface area contributed by atoms with Crippen LogP contribution in [0.15, 0.2) is 36.4 Å². The van der Waals surface area contributed by atoms with E-state index in [0.29, 0.717) is 23.2 Å². The molecule has 168 valence electrons. The number of morpholine rings is 1. The lowest BCUT2D eigenvalue weighted by Crippen LogP contribution is -2.35. The molecule has 0 aromatic heterocycles. The number of hydrogen-bond donors (Lipinski definition) is 2. The van der Waals surface area contributed by atoms with Crippen LogP contribution >= 0.6 is 0 Å². The van der Waals surface area contributed by atoms with Gasteiger partial charge in [-0.3, -0.25) is 14.5 Å². The van der Waals surface area contributed by atoms with Crippen molar-refractivity contribution in [1.29, 1.82) is 0 Å². The van der Waals surface area contributed by atoms with Crippen LogP contribution in [0.5, 0.6) is 0 Å². The summed E-state index contributed by atoms with van der Waals surface area (Å²) in [5.41, 5.74) is 4.59. The summed E-state index contributed by atoms with van der Waals surface area (Å²) in [6.07, 6.45) is 0. The summed E-state index contributed by atoms with van der Waals surface area (Å²) in [6.45, 7) is 6.15. The van der Waals surface area contributed by atoms with Gasteiger partial charge in [-0.25, -0.2) is 0 Å². The Bertz CT molecular complexity index is 992. The Morgan fingerprint density at radius 2 is 1.97 bits per heavy atom. The van der Waals surface area contributed by atoms with E-state index in [0.717, 1.165) is 49.5 Å². The molecule has 0 unspecified atom stereocenters. The van der Waals surface area contributed by atoms with Crippen LogP contribution in [0.1, 0.15) is 32.6 Å². The Labute approximate surface area is 187 Å². The molecule has 2 aromatic rings. The van der Waals surface area contributed by atoms with Gasteiger partial charge in [-0.1, -0.05) is 30.3 Å². The third kappa shape index (κ3) is 5.36. The zero-order chi connectivity index (χ0) is 22.5. The van der Waals surface area contributed by atoms with E-state index in [1.165, 1.54) is 0 Å². The molecule has 1 saturated heterocycles. The van der Waals surface area contributed by atoms with E-state index < -0.39 is 19.0 Å². The van der Waals surface area contributed by atoms with Crippen molar-refractivity contribution in [2.24, 2.45) is 0 Å². The fourth-order valence-corrected chi connectivity index (χ4v) is 4.05. The average molecular weight is 438 g/mol. The van der Waals surface area contributed by atoms with Crippen molar-refractivity contribution >= 4 is 24.5 Å². The molecule has 2 N–H and O–H groups in total. The van der Waals surface area contributed by atoms with Crippen LogP contribution in [0, 0.1) is 6.92 Å². The third-order valence-corrected chi connectivity index (χ3v) is 5.79. The van der Waals surface area contributed by atoms with Crippen LogP contribution < -0.4 is 10.8 Å². The lowest BCUT2D eigenvalue weighted by Gasteiger charge is -2.26. The molecule has 0 atom stereocenters. The number of benzene rings is 2. The van der Waals surface area contributed by atoms with Gasteiger partial charge in [0.1, 0.15) is 13.2 Å². The van der Waals surface area contributed by atoms with Crippen LogP contribution in [0.2, 0.25) is 0 Å². The molecule has 1 fully saturated rings. The third-order valence-electron chi connectivity index (χ3n) is 5.79. The molecule has 8 nitrogen and oxygen atoms in total. The molecule has 2 aromatic carbocycles.